The monoisotopic (exact) mass is 427 g/mol. The number of anilines is 2. The number of piperidine rings is 1. The van der Waals surface area contributed by atoms with E-state index in [9.17, 15) is 4.79 Å². The molecule has 158 valence electrons. The van der Waals surface area contributed by atoms with E-state index in [1.165, 1.54) is 49.0 Å². The number of hydrogen-bond acceptors (Lipinski definition) is 7. The molecule has 0 spiro atoms. The van der Waals surface area contributed by atoms with Crippen LogP contribution < -0.4 is 20.9 Å². The number of aromatic nitrogens is 3. The number of pyridine rings is 1. The maximum atomic E-state index is 12.9. The second-order valence-corrected chi connectivity index (χ2v) is 9.16. The van der Waals surface area contributed by atoms with Gasteiger partial charge in [0.15, 0.2) is 0 Å². The molecule has 9 heteroatoms. The number of hydrogen-bond donors (Lipinski definition) is 2. The molecule has 1 saturated heterocycles. The van der Waals surface area contributed by atoms with Crippen LogP contribution in [0.15, 0.2) is 16.8 Å². The smallest absolute Gasteiger partial charge is 0.306 e. The Morgan fingerprint density at radius 2 is 1.90 bits per heavy atom. The van der Waals surface area contributed by atoms with Crippen LogP contribution in [-0.2, 0) is 12.8 Å². The molecule has 8 nitrogen and oxygen atoms in total. The summed E-state index contributed by atoms with van der Waals surface area (Å²) < 4.78 is 5.32. The van der Waals surface area contributed by atoms with Crippen molar-refractivity contribution in [3.8, 4) is 0 Å². The molecule has 1 amide bonds. The first-order valence-corrected chi connectivity index (χ1v) is 11.7. The molecule has 1 aliphatic carbocycles. The molecule has 1 fully saturated rings. The minimum absolute atomic E-state index is 0.287. The highest BCUT2D eigenvalue weighted by molar-refractivity contribution is 7.21. The molecule has 0 radical (unpaired) electrons. The zero-order valence-corrected chi connectivity index (χ0v) is 17.8. The number of nitrogens with zero attached hydrogens (tertiary/aromatic N) is 4. The zero-order valence-electron chi connectivity index (χ0n) is 17.0. The maximum Gasteiger partial charge on any atom is 0.306 e. The Bertz CT molecular complexity index is 1070. The van der Waals surface area contributed by atoms with Crippen molar-refractivity contribution >= 4 is 39.0 Å². The standard InChI is InChI=1S/C21H26N6O2S/c22-18-15-12-14-8-4-1-2-5-9-16(14)23-21(15)30-19(18)20(28)24-17-13-27(25-29-17)26-10-6-3-7-11-26/h12-13H,1-11H2,(H2-,22,24,25,28)/p+1. The van der Waals surface area contributed by atoms with Gasteiger partial charge in [-0.05, 0) is 56.6 Å². The van der Waals surface area contributed by atoms with Gasteiger partial charge in [-0.2, -0.15) is 5.01 Å². The van der Waals surface area contributed by atoms with Crippen LogP contribution in [0.4, 0.5) is 11.6 Å². The Balaban J connectivity index is 1.38. The van der Waals surface area contributed by atoms with Gasteiger partial charge in [0.25, 0.3) is 12.1 Å². The Morgan fingerprint density at radius 1 is 1.13 bits per heavy atom. The van der Waals surface area contributed by atoms with E-state index in [-0.39, 0.29) is 5.91 Å². The van der Waals surface area contributed by atoms with E-state index in [2.05, 4.69) is 21.7 Å². The number of rotatable bonds is 3. The van der Waals surface area contributed by atoms with Crippen LogP contribution >= 0.6 is 11.3 Å². The minimum Gasteiger partial charge on any atom is -0.397 e. The van der Waals surface area contributed by atoms with Gasteiger partial charge in [0, 0.05) is 11.1 Å². The molecular weight excluding hydrogens is 400 g/mol. The Morgan fingerprint density at radius 3 is 2.73 bits per heavy atom. The number of nitrogens with one attached hydrogen (secondary N) is 1. The molecule has 0 unspecified atom stereocenters. The Kier molecular flexibility index (Phi) is 5.28. The molecule has 0 saturated carbocycles. The van der Waals surface area contributed by atoms with Crippen LogP contribution in [0.1, 0.15) is 65.9 Å². The van der Waals surface area contributed by atoms with E-state index >= 15 is 0 Å². The summed E-state index contributed by atoms with van der Waals surface area (Å²) in [7, 11) is 0. The number of nitrogens with two attached hydrogens (primary N) is 1. The number of amides is 1. The Hall–Kier alpha value is -2.68. The molecule has 5 rings (SSSR count). The van der Waals surface area contributed by atoms with E-state index in [0.717, 1.165) is 54.7 Å². The molecule has 30 heavy (non-hydrogen) atoms. The third kappa shape index (κ3) is 3.74. The highest BCUT2D eigenvalue weighted by Gasteiger charge is 2.25. The number of nitrogen functional groups attached to an aromatic ring is 1. The zero-order chi connectivity index (χ0) is 20.5. The number of aryl methyl sites for hydroxylation is 2. The minimum atomic E-state index is -0.287. The molecule has 4 heterocycles. The van der Waals surface area contributed by atoms with Crippen LogP contribution in [0.5, 0.6) is 0 Å². The van der Waals surface area contributed by atoms with Crippen molar-refractivity contribution in [2.75, 3.05) is 29.1 Å². The van der Waals surface area contributed by atoms with Crippen LogP contribution in [0.3, 0.4) is 0 Å². The lowest BCUT2D eigenvalue weighted by Gasteiger charge is -2.17. The highest BCUT2D eigenvalue weighted by atomic mass is 32.1. The molecule has 1 aliphatic heterocycles. The van der Waals surface area contributed by atoms with Crippen molar-refractivity contribution in [2.24, 2.45) is 0 Å². The van der Waals surface area contributed by atoms with E-state index in [1.54, 1.807) is 11.0 Å². The number of thiophene rings is 1. The molecule has 3 aromatic heterocycles. The van der Waals surface area contributed by atoms with Crippen molar-refractivity contribution in [2.45, 2.75) is 57.8 Å². The summed E-state index contributed by atoms with van der Waals surface area (Å²) >= 11 is 1.34. The molecule has 2 aliphatic rings. The summed E-state index contributed by atoms with van der Waals surface area (Å²) in [6, 6.07) is 2.14. The highest BCUT2D eigenvalue weighted by Crippen LogP contribution is 2.35. The second-order valence-electron chi connectivity index (χ2n) is 8.16. The summed E-state index contributed by atoms with van der Waals surface area (Å²) in [5.74, 6) is 0.0209. The number of carbonyl (C=O) groups excluding carboxylic acids is 1. The van der Waals surface area contributed by atoms with Gasteiger partial charge in [0.05, 0.1) is 23.6 Å². The first-order chi connectivity index (χ1) is 14.7. The largest absolute Gasteiger partial charge is 0.397 e. The average Bonchev–Trinajstić information content (AvgIpc) is 3.33. The molecule has 3 N–H and O–H groups in total. The van der Waals surface area contributed by atoms with E-state index in [0.29, 0.717) is 16.4 Å². The number of fused-ring (bicyclic) bond motifs is 2. The second kappa shape index (κ2) is 8.22. The number of carbonyl (C=O) groups is 1. The fourth-order valence-corrected chi connectivity index (χ4v) is 5.35. The molecule has 0 bridgehead atoms. The molecule has 0 atom stereocenters. The average molecular weight is 428 g/mol. The summed E-state index contributed by atoms with van der Waals surface area (Å²) in [5.41, 5.74) is 9.30. The van der Waals surface area contributed by atoms with E-state index in [1.807, 2.05) is 0 Å². The quantitative estimate of drug-likeness (QED) is 0.623. The fourth-order valence-electron chi connectivity index (χ4n) is 4.36. The third-order valence-electron chi connectivity index (χ3n) is 6.02. The van der Waals surface area contributed by atoms with Gasteiger partial charge < -0.3 is 5.73 Å². The summed E-state index contributed by atoms with van der Waals surface area (Å²) in [6.07, 6.45) is 12.1. The summed E-state index contributed by atoms with van der Waals surface area (Å²) in [5, 5.41) is 9.82. The van der Waals surface area contributed by atoms with Crippen molar-refractivity contribution < 1.29 is 14.1 Å². The van der Waals surface area contributed by atoms with Gasteiger partial charge in [0.2, 0.25) is 5.27 Å². The van der Waals surface area contributed by atoms with Crippen LogP contribution in [0, 0.1) is 0 Å². The van der Waals surface area contributed by atoms with Gasteiger partial charge in [0.1, 0.15) is 9.71 Å². The lowest BCUT2D eigenvalue weighted by atomic mass is 9.96. The van der Waals surface area contributed by atoms with Crippen molar-refractivity contribution in [3.05, 3.63) is 28.4 Å². The van der Waals surface area contributed by atoms with Crippen molar-refractivity contribution in [3.63, 3.8) is 0 Å². The van der Waals surface area contributed by atoms with E-state index < -0.39 is 0 Å². The summed E-state index contributed by atoms with van der Waals surface area (Å²) in [6.45, 7) is 1.87. The predicted molar refractivity (Wildman–Crippen MR) is 116 cm³/mol. The maximum absolute atomic E-state index is 12.9. The van der Waals surface area contributed by atoms with Crippen molar-refractivity contribution in [1.29, 1.82) is 0 Å². The van der Waals surface area contributed by atoms with Gasteiger partial charge in [-0.15, -0.1) is 11.3 Å². The van der Waals surface area contributed by atoms with Crippen LogP contribution in [0.2, 0.25) is 0 Å². The predicted octanol–water partition coefficient (Wildman–Crippen LogP) is 3.19. The van der Waals surface area contributed by atoms with E-state index in [4.69, 9.17) is 15.2 Å². The van der Waals surface area contributed by atoms with Crippen LogP contribution in [-0.4, -0.2) is 29.3 Å². The topological polar surface area (TPSA) is 101 Å². The molecule has 0 aromatic carbocycles. The van der Waals surface area contributed by atoms with Gasteiger partial charge in [-0.1, -0.05) is 12.8 Å². The lowest BCUT2D eigenvalue weighted by molar-refractivity contribution is -0.759. The van der Waals surface area contributed by atoms with Gasteiger partial charge in [-0.25, -0.2) is 4.98 Å². The molecule has 3 aromatic rings. The first kappa shape index (κ1) is 19.3. The normalized spacial score (nSPS) is 17.4. The van der Waals surface area contributed by atoms with Gasteiger partial charge in [-0.3, -0.25) is 14.6 Å². The SMILES string of the molecule is Nc1c(C(=O)Nc2c[n+](N3CCCCC3)no2)sc2nc3c(cc12)CCCCCC3. The first-order valence-electron chi connectivity index (χ1n) is 10.8. The Labute approximate surface area is 179 Å². The summed E-state index contributed by atoms with van der Waals surface area (Å²) in [4.78, 5) is 20.7. The van der Waals surface area contributed by atoms with Crippen molar-refractivity contribution in [1.82, 2.24) is 10.3 Å². The lowest BCUT2D eigenvalue weighted by Crippen LogP contribution is -2.60. The van der Waals surface area contributed by atoms with Gasteiger partial charge >= 0.3 is 5.88 Å². The third-order valence-corrected chi connectivity index (χ3v) is 7.13. The molecular formula is C21H27N6O2S+. The van der Waals surface area contributed by atoms with Crippen LogP contribution in [0.25, 0.3) is 10.2 Å². The fraction of sp³-hybridized carbons (Fsp3) is 0.524.